The van der Waals surface area contributed by atoms with Gasteiger partial charge >= 0.3 is 0 Å². The van der Waals surface area contributed by atoms with Crippen LogP contribution in [0.2, 0.25) is 0 Å². The lowest BCUT2D eigenvalue weighted by Gasteiger charge is -2.18. The zero-order valence-electron chi connectivity index (χ0n) is 18.8. The number of azide groups is 3. The maximum atomic E-state index is 9.63. The standard InChI is InChI=1S/C18H35N9O6.9CH4/c19-25-22-9-16(28)12-31-6-1-3-15(5-8-33-14-18(30)11-24-27-21)4-2-7-32-13-17(29)10-23-26-20;;;;;;;;;/h15-18,28-30H,1-14H2;9*1H4. The Kier molecular flexibility index (Phi) is 82.5. The molecule has 0 saturated carbocycles. The summed E-state index contributed by atoms with van der Waals surface area (Å²) in [6.07, 6.45) is 1.52. The van der Waals surface area contributed by atoms with Crippen LogP contribution >= 0.6 is 0 Å². The van der Waals surface area contributed by atoms with E-state index in [1.807, 2.05) is 0 Å². The molecule has 0 radical (unpaired) electrons. The Morgan fingerprint density at radius 2 is 0.762 bits per heavy atom. The highest BCUT2D eigenvalue weighted by Gasteiger charge is 2.11. The fourth-order valence-corrected chi connectivity index (χ4v) is 2.84. The van der Waals surface area contributed by atoms with Crippen LogP contribution in [0.25, 0.3) is 31.3 Å². The summed E-state index contributed by atoms with van der Waals surface area (Å²) in [5.41, 5.74) is 24.7. The summed E-state index contributed by atoms with van der Waals surface area (Å²) >= 11 is 0. The Balaban J connectivity index is -0.000000142. The third-order valence-corrected chi connectivity index (χ3v) is 4.47. The van der Waals surface area contributed by atoms with Crippen LogP contribution in [-0.2, 0) is 14.2 Å². The molecule has 15 heteroatoms. The Morgan fingerprint density at radius 3 is 1.05 bits per heavy atom. The van der Waals surface area contributed by atoms with Crippen molar-refractivity contribution in [3.8, 4) is 0 Å². The zero-order chi connectivity index (χ0) is 24.6. The average molecular weight is 618 g/mol. The van der Waals surface area contributed by atoms with E-state index in [1.54, 1.807) is 0 Å². The van der Waals surface area contributed by atoms with Gasteiger partial charge in [-0.05, 0) is 54.6 Å². The van der Waals surface area contributed by atoms with Crippen LogP contribution in [-0.4, -0.2) is 92.9 Å². The van der Waals surface area contributed by atoms with Crippen LogP contribution in [0.1, 0.15) is 98.9 Å². The lowest BCUT2D eigenvalue weighted by atomic mass is 9.95. The SMILES string of the molecule is C.C.C.C.C.C.C.C.C.[N-]=[N+]=NCC(O)COCCCC(CCCOCC(O)CN=[N+]=[N-])CCOCC(O)CN=[N+]=[N-]. The van der Waals surface area contributed by atoms with Crippen molar-refractivity contribution in [2.45, 2.75) is 117 Å². The predicted molar refractivity (Wildman–Crippen MR) is 180 cm³/mol. The molecule has 0 aliphatic carbocycles. The zero-order valence-corrected chi connectivity index (χ0v) is 18.8. The number of ether oxygens (including phenoxy) is 3. The van der Waals surface area contributed by atoms with Gasteiger partial charge < -0.3 is 29.5 Å². The van der Waals surface area contributed by atoms with E-state index < -0.39 is 18.3 Å². The Morgan fingerprint density at radius 1 is 0.476 bits per heavy atom. The molecule has 0 bridgehead atoms. The molecule has 0 rings (SSSR count). The second kappa shape index (κ2) is 51.4. The van der Waals surface area contributed by atoms with Gasteiger partial charge in [-0.2, -0.15) is 0 Å². The highest BCUT2D eigenvalue weighted by Crippen LogP contribution is 2.18. The molecule has 0 aliphatic heterocycles. The van der Waals surface area contributed by atoms with E-state index in [-0.39, 0.29) is 106 Å². The lowest BCUT2D eigenvalue weighted by Crippen LogP contribution is -2.20. The van der Waals surface area contributed by atoms with Gasteiger partial charge in [-0.1, -0.05) is 82.2 Å². The van der Waals surface area contributed by atoms with E-state index in [2.05, 4.69) is 30.1 Å². The minimum Gasteiger partial charge on any atom is -0.391 e. The molecule has 15 nitrogen and oxygen atoms in total. The molecule has 0 aromatic carbocycles. The Labute approximate surface area is 258 Å². The lowest BCUT2D eigenvalue weighted by molar-refractivity contribution is 0.0265. The predicted octanol–water partition coefficient (Wildman–Crippen LogP) is 8.34. The fourth-order valence-electron chi connectivity index (χ4n) is 2.84. The van der Waals surface area contributed by atoms with Crippen molar-refractivity contribution < 1.29 is 29.5 Å². The third kappa shape index (κ3) is 47.5. The number of rotatable bonds is 23. The summed E-state index contributed by atoms with van der Waals surface area (Å²) in [5.74, 6) is 0.313. The van der Waals surface area contributed by atoms with Crippen molar-refractivity contribution in [2.75, 3.05) is 59.3 Å². The van der Waals surface area contributed by atoms with Crippen molar-refractivity contribution in [3.63, 3.8) is 0 Å². The van der Waals surface area contributed by atoms with Gasteiger partial charge in [0.2, 0.25) is 0 Å². The molecule has 0 aromatic rings. The topological polar surface area (TPSA) is 235 Å². The average Bonchev–Trinajstić information content (AvgIpc) is 2.81. The highest BCUT2D eigenvalue weighted by atomic mass is 16.5. The first-order valence-electron chi connectivity index (χ1n) is 10.8. The summed E-state index contributed by atoms with van der Waals surface area (Å²) in [6.45, 7) is 1.55. The van der Waals surface area contributed by atoms with Gasteiger partial charge in [0.15, 0.2) is 0 Å². The summed E-state index contributed by atoms with van der Waals surface area (Å²) in [4.78, 5) is 7.77. The minimum atomic E-state index is -0.838. The highest BCUT2D eigenvalue weighted by molar-refractivity contribution is 4.64. The molecular formula is C27H71N9O6. The third-order valence-electron chi connectivity index (χ3n) is 4.47. The van der Waals surface area contributed by atoms with Crippen LogP contribution in [0.3, 0.4) is 0 Å². The fraction of sp³-hybridized carbons (Fsp3) is 1.00. The largest absolute Gasteiger partial charge is 0.391 e. The quantitative estimate of drug-likeness (QED) is 0.0440. The van der Waals surface area contributed by atoms with Crippen molar-refractivity contribution in [2.24, 2.45) is 21.3 Å². The Hall–Kier alpha value is -2.31. The van der Waals surface area contributed by atoms with Crippen molar-refractivity contribution in [1.29, 1.82) is 0 Å². The first-order chi connectivity index (χ1) is 16.0. The number of aliphatic hydroxyl groups excluding tert-OH is 3. The summed E-state index contributed by atoms with van der Waals surface area (Å²) < 4.78 is 16.3. The van der Waals surface area contributed by atoms with E-state index in [0.29, 0.717) is 25.7 Å². The Bertz CT molecular complexity index is 595. The van der Waals surface area contributed by atoms with Crippen LogP contribution < -0.4 is 0 Å². The normalized spacial score (nSPS) is 11.2. The van der Waals surface area contributed by atoms with Crippen molar-refractivity contribution in [3.05, 3.63) is 31.3 Å². The summed E-state index contributed by atoms with van der Waals surface area (Å²) in [6, 6.07) is 0. The molecule has 0 spiro atoms. The second-order valence-corrected chi connectivity index (χ2v) is 7.37. The van der Waals surface area contributed by atoms with Gasteiger partial charge in [0.05, 0.1) is 57.8 Å². The molecule has 260 valence electrons. The molecule has 0 saturated heterocycles. The van der Waals surface area contributed by atoms with E-state index in [1.165, 1.54) is 0 Å². The van der Waals surface area contributed by atoms with E-state index in [9.17, 15) is 15.3 Å². The smallest absolute Gasteiger partial charge is 0.0829 e. The van der Waals surface area contributed by atoms with Gasteiger partial charge in [-0.3, -0.25) is 0 Å². The molecule has 0 amide bonds. The molecular weight excluding hydrogens is 546 g/mol. The van der Waals surface area contributed by atoms with Crippen molar-refractivity contribution in [1.82, 2.24) is 0 Å². The monoisotopic (exact) mass is 618 g/mol. The second-order valence-electron chi connectivity index (χ2n) is 7.37. The molecule has 0 aromatic heterocycles. The summed E-state index contributed by atoms with van der Waals surface area (Å²) in [5, 5.41) is 38.7. The van der Waals surface area contributed by atoms with Crippen LogP contribution in [0.4, 0.5) is 0 Å². The number of hydrogen-bond acceptors (Lipinski definition) is 9. The van der Waals surface area contributed by atoms with E-state index in [4.69, 9.17) is 30.8 Å². The number of aliphatic hydroxyl groups is 3. The maximum Gasteiger partial charge on any atom is 0.0829 e. The van der Waals surface area contributed by atoms with Crippen LogP contribution in [0.5, 0.6) is 0 Å². The van der Waals surface area contributed by atoms with Gasteiger partial charge in [0, 0.05) is 34.6 Å². The summed E-state index contributed by atoms with van der Waals surface area (Å²) in [7, 11) is 0. The molecule has 3 N–H and O–H groups in total. The number of hydrogen-bond donors (Lipinski definition) is 3. The van der Waals surface area contributed by atoms with Gasteiger partial charge in [0.1, 0.15) is 0 Å². The van der Waals surface area contributed by atoms with Crippen LogP contribution in [0, 0.1) is 5.92 Å². The maximum absolute atomic E-state index is 9.63. The molecule has 3 atom stereocenters. The first kappa shape index (κ1) is 67.4. The molecule has 0 aliphatic rings. The molecule has 0 fully saturated rings. The van der Waals surface area contributed by atoms with Crippen molar-refractivity contribution >= 4 is 0 Å². The van der Waals surface area contributed by atoms with E-state index >= 15 is 0 Å². The molecule has 0 heterocycles. The van der Waals surface area contributed by atoms with E-state index in [0.717, 1.165) is 32.1 Å². The first-order valence-corrected chi connectivity index (χ1v) is 10.8. The molecule has 42 heavy (non-hydrogen) atoms. The molecule has 3 unspecified atom stereocenters. The van der Waals surface area contributed by atoms with Gasteiger partial charge in [0.25, 0.3) is 0 Å². The van der Waals surface area contributed by atoms with Gasteiger partial charge in [-0.15, -0.1) is 0 Å². The van der Waals surface area contributed by atoms with Crippen LogP contribution in [0.15, 0.2) is 15.3 Å². The number of nitrogens with zero attached hydrogens (tertiary/aromatic N) is 9. The van der Waals surface area contributed by atoms with Gasteiger partial charge in [-0.25, -0.2) is 0 Å². The minimum absolute atomic E-state index is 0.